The third-order valence-corrected chi connectivity index (χ3v) is 7.93. The predicted octanol–water partition coefficient (Wildman–Crippen LogP) is 8.20. The topological polar surface area (TPSA) is 151 Å². The molecule has 0 bridgehead atoms. The van der Waals surface area contributed by atoms with Gasteiger partial charge in [0.05, 0.1) is 0 Å². The van der Waals surface area contributed by atoms with Crippen molar-refractivity contribution < 1.29 is 38.9 Å². The van der Waals surface area contributed by atoms with Crippen molar-refractivity contribution in [3.05, 3.63) is 92.9 Å². The van der Waals surface area contributed by atoms with Crippen molar-refractivity contribution in [3.63, 3.8) is 0 Å². The summed E-state index contributed by atoms with van der Waals surface area (Å²) in [6.45, 7) is 3.25. The van der Waals surface area contributed by atoms with Gasteiger partial charge in [0.25, 0.3) is 0 Å². The molecule has 12 heteroatoms. The zero-order valence-corrected chi connectivity index (χ0v) is 28.0. The van der Waals surface area contributed by atoms with Gasteiger partial charge in [0, 0.05) is 44.3 Å². The summed E-state index contributed by atoms with van der Waals surface area (Å²) < 4.78 is 13.3. The zero-order chi connectivity index (χ0) is 33.4. The SMILES string of the molecule is C/C(=C\CCNC(=O)Oc1ccc2cc(Br)ccc2c1-c1c(OC(=O)NCC/C=C(\C)C(=O)O)ccc2cc(Br)ccc12)C(=O)O. The number of carbonyl (C=O) groups excluding carboxylic acids is 2. The molecule has 0 aromatic heterocycles. The van der Waals surface area contributed by atoms with Gasteiger partial charge in [-0.25, -0.2) is 19.2 Å². The molecule has 4 N–H and O–H groups in total. The van der Waals surface area contributed by atoms with Crippen LogP contribution in [0.25, 0.3) is 32.7 Å². The Morgan fingerprint density at radius 2 is 1.04 bits per heavy atom. The molecule has 0 unspecified atom stereocenters. The second-order valence-electron chi connectivity index (χ2n) is 10.2. The Morgan fingerprint density at radius 1 is 0.652 bits per heavy atom. The normalized spacial score (nSPS) is 11.7. The number of carboxylic acid groups (broad SMARTS) is 2. The Balaban J connectivity index is 1.75. The minimum absolute atomic E-state index is 0.150. The number of hydrogen-bond donors (Lipinski definition) is 4. The average Bonchev–Trinajstić information content (AvgIpc) is 3.01. The quantitative estimate of drug-likeness (QED) is 0.0884. The van der Waals surface area contributed by atoms with Gasteiger partial charge < -0.3 is 30.3 Å². The smallest absolute Gasteiger partial charge is 0.412 e. The lowest BCUT2D eigenvalue weighted by molar-refractivity contribution is -0.133. The van der Waals surface area contributed by atoms with Crippen LogP contribution in [0.1, 0.15) is 26.7 Å². The molecular weight excluding hydrogens is 724 g/mol. The van der Waals surface area contributed by atoms with Crippen LogP contribution >= 0.6 is 31.9 Å². The highest BCUT2D eigenvalue weighted by Crippen LogP contribution is 2.46. The Kier molecular flexibility index (Phi) is 11.6. The molecule has 2 amide bonds. The number of hydrogen-bond acceptors (Lipinski definition) is 6. The summed E-state index contributed by atoms with van der Waals surface area (Å²) >= 11 is 7.02. The minimum Gasteiger partial charge on any atom is -0.478 e. The zero-order valence-electron chi connectivity index (χ0n) is 24.9. The largest absolute Gasteiger partial charge is 0.478 e. The first kappa shape index (κ1) is 34.2. The Labute approximate surface area is 281 Å². The maximum atomic E-state index is 13.0. The van der Waals surface area contributed by atoms with E-state index in [1.165, 1.54) is 26.0 Å². The van der Waals surface area contributed by atoms with Gasteiger partial charge in [0.15, 0.2) is 0 Å². The average molecular weight is 754 g/mol. The molecule has 0 heterocycles. The van der Waals surface area contributed by atoms with Crippen LogP contribution in [0.4, 0.5) is 9.59 Å². The number of benzene rings is 4. The lowest BCUT2D eigenvalue weighted by Crippen LogP contribution is -2.28. The van der Waals surface area contributed by atoms with Gasteiger partial charge in [-0.2, -0.15) is 0 Å². The van der Waals surface area contributed by atoms with E-state index in [2.05, 4.69) is 42.5 Å². The van der Waals surface area contributed by atoms with Crippen molar-refractivity contribution in [1.29, 1.82) is 0 Å². The van der Waals surface area contributed by atoms with Crippen LogP contribution in [0.5, 0.6) is 11.5 Å². The molecule has 0 spiro atoms. The Morgan fingerprint density at radius 3 is 1.41 bits per heavy atom. The number of rotatable bonds is 11. The van der Waals surface area contributed by atoms with Crippen LogP contribution in [0.15, 0.2) is 92.9 Å². The van der Waals surface area contributed by atoms with E-state index in [4.69, 9.17) is 19.7 Å². The van der Waals surface area contributed by atoms with Crippen LogP contribution in [0.2, 0.25) is 0 Å². The summed E-state index contributed by atoms with van der Waals surface area (Å²) in [5.41, 5.74) is 1.36. The van der Waals surface area contributed by atoms with Crippen LogP contribution in [-0.2, 0) is 9.59 Å². The lowest BCUT2D eigenvalue weighted by atomic mass is 9.92. The number of ether oxygens (including phenoxy) is 2. The number of aliphatic carboxylic acids is 2. The maximum Gasteiger partial charge on any atom is 0.412 e. The second kappa shape index (κ2) is 15.5. The Bertz CT molecular complexity index is 1760. The molecule has 46 heavy (non-hydrogen) atoms. The first-order chi connectivity index (χ1) is 21.9. The van der Waals surface area contributed by atoms with Crippen molar-refractivity contribution in [3.8, 4) is 22.6 Å². The molecule has 0 aliphatic carbocycles. The minimum atomic E-state index is -1.03. The monoisotopic (exact) mass is 752 g/mol. The van der Waals surface area contributed by atoms with E-state index in [1.807, 2.05) is 48.5 Å². The summed E-state index contributed by atoms with van der Waals surface area (Å²) in [4.78, 5) is 48.0. The highest BCUT2D eigenvalue weighted by molar-refractivity contribution is 9.10. The molecule has 238 valence electrons. The van der Waals surface area contributed by atoms with Gasteiger partial charge in [0.1, 0.15) is 11.5 Å². The number of carboxylic acids is 2. The molecule has 4 rings (SSSR count). The van der Waals surface area contributed by atoms with Crippen molar-refractivity contribution in [2.45, 2.75) is 26.7 Å². The summed E-state index contributed by atoms with van der Waals surface area (Å²) in [6, 6.07) is 18.2. The number of amides is 2. The molecule has 0 saturated carbocycles. The van der Waals surface area contributed by atoms with E-state index >= 15 is 0 Å². The van der Waals surface area contributed by atoms with Gasteiger partial charge in [-0.05, 0) is 84.6 Å². The molecule has 0 aliphatic rings. The standard InChI is InChI=1S/C34H30Br2N2O8/c1-19(31(39)40)5-3-15-37-33(43)45-27-13-7-21-17-23(35)9-11-25(21)29(27)30-26-12-10-24(36)18-22(26)8-14-28(30)46-34(44)38-16-4-6-20(2)32(41)42/h5-14,17-18H,3-4,15-16H2,1-2H3,(H,37,43)(H,38,44)(H,39,40)(H,41,42)/b19-5+,20-6+. The van der Waals surface area contributed by atoms with E-state index < -0.39 is 24.1 Å². The van der Waals surface area contributed by atoms with Crippen LogP contribution in [-0.4, -0.2) is 47.4 Å². The van der Waals surface area contributed by atoms with Crippen molar-refractivity contribution in [1.82, 2.24) is 10.6 Å². The van der Waals surface area contributed by atoms with Crippen molar-refractivity contribution in [2.75, 3.05) is 13.1 Å². The summed E-state index contributed by atoms with van der Waals surface area (Å²) in [6.07, 6.45) is 2.12. The van der Waals surface area contributed by atoms with Gasteiger partial charge >= 0.3 is 24.1 Å². The van der Waals surface area contributed by atoms with E-state index in [9.17, 15) is 19.2 Å². The van der Waals surface area contributed by atoms with E-state index in [-0.39, 0.29) is 35.7 Å². The third-order valence-electron chi connectivity index (χ3n) is 6.95. The van der Waals surface area contributed by atoms with E-state index in [0.717, 1.165) is 30.5 Å². The number of nitrogens with one attached hydrogen (secondary N) is 2. The third kappa shape index (κ3) is 8.73. The predicted molar refractivity (Wildman–Crippen MR) is 182 cm³/mol. The molecule has 0 atom stereocenters. The molecule has 0 radical (unpaired) electrons. The number of fused-ring (bicyclic) bond motifs is 2. The second-order valence-corrected chi connectivity index (χ2v) is 12.0. The molecule has 4 aromatic carbocycles. The first-order valence-electron chi connectivity index (χ1n) is 14.1. The Hall–Kier alpha value is -4.68. The molecule has 0 fully saturated rings. The van der Waals surface area contributed by atoms with E-state index in [1.54, 1.807) is 12.1 Å². The lowest BCUT2D eigenvalue weighted by Gasteiger charge is -2.19. The molecular formula is C34H30Br2N2O8. The summed E-state index contributed by atoms with van der Waals surface area (Å²) in [5, 5.41) is 26.5. The van der Waals surface area contributed by atoms with E-state index in [0.29, 0.717) is 24.0 Å². The number of carbonyl (C=O) groups is 4. The van der Waals surface area contributed by atoms with Gasteiger partial charge in [-0.3, -0.25) is 0 Å². The summed E-state index contributed by atoms with van der Waals surface area (Å²) in [5.74, 6) is -1.65. The fourth-order valence-electron chi connectivity index (χ4n) is 4.62. The number of halogens is 2. The van der Waals surface area contributed by atoms with Crippen molar-refractivity contribution >= 4 is 77.5 Å². The molecule has 0 aliphatic heterocycles. The van der Waals surface area contributed by atoms with Crippen LogP contribution in [0.3, 0.4) is 0 Å². The van der Waals surface area contributed by atoms with Crippen molar-refractivity contribution in [2.24, 2.45) is 0 Å². The van der Waals surface area contributed by atoms with Crippen LogP contribution in [0, 0.1) is 0 Å². The first-order valence-corrected chi connectivity index (χ1v) is 15.7. The highest BCUT2D eigenvalue weighted by atomic mass is 79.9. The van der Waals surface area contributed by atoms with Crippen LogP contribution < -0.4 is 20.1 Å². The van der Waals surface area contributed by atoms with Gasteiger partial charge in [-0.15, -0.1) is 0 Å². The summed E-state index contributed by atoms with van der Waals surface area (Å²) in [7, 11) is 0. The molecule has 0 saturated heterocycles. The fourth-order valence-corrected chi connectivity index (χ4v) is 5.38. The highest BCUT2D eigenvalue weighted by Gasteiger charge is 2.22. The molecule has 4 aromatic rings. The fraction of sp³-hybridized carbons (Fsp3) is 0.176. The van der Waals surface area contributed by atoms with Gasteiger partial charge in [-0.1, -0.05) is 68.3 Å². The maximum absolute atomic E-state index is 13.0. The molecule has 10 nitrogen and oxygen atoms in total. The van der Waals surface area contributed by atoms with Gasteiger partial charge in [0.2, 0.25) is 0 Å².